The molecule has 148 valence electrons. The van der Waals surface area contributed by atoms with Crippen molar-refractivity contribution in [1.82, 2.24) is 24.5 Å². The Bertz CT molecular complexity index is 1120. The smallest absolute Gasteiger partial charge is 0.225 e. The molecule has 0 saturated carbocycles. The first-order chi connectivity index (χ1) is 14.2. The molecule has 0 radical (unpaired) electrons. The summed E-state index contributed by atoms with van der Waals surface area (Å²) < 4.78 is 6.92. The Morgan fingerprint density at radius 2 is 1.83 bits per heavy atom. The Morgan fingerprint density at radius 3 is 2.55 bits per heavy atom. The summed E-state index contributed by atoms with van der Waals surface area (Å²) in [7, 11) is 0. The van der Waals surface area contributed by atoms with Crippen LogP contribution in [0.1, 0.15) is 5.56 Å². The van der Waals surface area contributed by atoms with Crippen LogP contribution in [-0.4, -0.2) is 50.7 Å². The summed E-state index contributed by atoms with van der Waals surface area (Å²) in [5.74, 6) is 2.23. The summed E-state index contributed by atoms with van der Waals surface area (Å²) in [6.45, 7) is 4.54. The molecule has 0 aliphatic carbocycles. The van der Waals surface area contributed by atoms with E-state index < -0.39 is 0 Å². The number of nitrogen functional groups attached to an aromatic ring is 1. The number of nitrogens with two attached hydrogens (primary N) is 1. The Kier molecular flexibility index (Phi) is 4.57. The van der Waals surface area contributed by atoms with Gasteiger partial charge in [0.2, 0.25) is 11.8 Å². The van der Waals surface area contributed by atoms with E-state index in [1.54, 1.807) is 12.3 Å². The summed E-state index contributed by atoms with van der Waals surface area (Å²) in [6.07, 6.45) is 1.59. The van der Waals surface area contributed by atoms with E-state index in [4.69, 9.17) is 21.8 Å². The minimum atomic E-state index is 0.311. The van der Waals surface area contributed by atoms with Crippen molar-refractivity contribution in [2.24, 2.45) is 0 Å². The normalized spacial score (nSPS) is 15.3. The minimum absolute atomic E-state index is 0.311. The molecule has 8 nitrogen and oxygen atoms in total. The zero-order chi connectivity index (χ0) is 19.8. The Labute approximate surface area is 172 Å². The monoisotopic (exact) mass is 409 g/mol. The first-order valence-corrected chi connectivity index (χ1v) is 9.82. The molecule has 4 aromatic rings. The maximum Gasteiger partial charge on any atom is 0.225 e. The first kappa shape index (κ1) is 18.0. The molecule has 0 bridgehead atoms. The lowest BCUT2D eigenvalue weighted by molar-refractivity contribution is 0.249. The maximum atomic E-state index is 6.14. The number of benzene rings is 1. The molecule has 0 spiro atoms. The second-order valence-corrected chi connectivity index (χ2v) is 7.48. The van der Waals surface area contributed by atoms with Crippen LogP contribution >= 0.6 is 11.6 Å². The lowest BCUT2D eigenvalue weighted by Gasteiger charge is -2.35. The van der Waals surface area contributed by atoms with E-state index in [1.807, 2.05) is 24.3 Å². The molecule has 1 fully saturated rings. The second kappa shape index (κ2) is 7.38. The zero-order valence-electron chi connectivity index (χ0n) is 15.7. The van der Waals surface area contributed by atoms with Gasteiger partial charge in [-0.1, -0.05) is 23.7 Å². The Balaban J connectivity index is 1.30. The molecule has 1 aliphatic rings. The van der Waals surface area contributed by atoms with Crippen molar-refractivity contribution in [3.05, 3.63) is 59.3 Å². The van der Waals surface area contributed by atoms with Crippen LogP contribution in [0.4, 0.5) is 11.8 Å². The van der Waals surface area contributed by atoms with Gasteiger partial charge >= 0.3 is 0 Å². The number of anilines is 2. The summed E-state index contributed by atoms with van der Waals surface area (Å²) in [4.78, 5) is 13.7. The van der Waals surface area contributed by atoms with Gasteiger partial charge in [0.05, 0.1) is 6.26 Å². The van der Waals surface area contributed by atoms with E-state index in [0.717, 1.165) is 43.6 Å². The number of fused-ring (bicyclic) bond motifs is 1. The molecule has 4 heterocycles. The largest absolute Gasteiger partial charge is 0.461 e. The van der Waals surface area contributed by atoms with E-state index in [9.17, 15) is 0 Å². The summed E-state index contributed by atoms with van der Waals surface area (Å²) >= 11 is 5.97. The maximum absolute atomic E-state index is 6.14. The second-order valence-electron chi connectivity index (χ2n) is 7.04. The number of hydrogen-bond acceptors (Lipinski definition) is 7. The fourth-order valence-electron chi connectivity index (χ4n) is 3.55. The van der Waals surface area contributed by atoms with Crippen molar-refractivity contribution in [3.8, 4) is 11.6 Å². The number of furan rings is 1. The third-order valence-corrected chi connectivity index (χ3v) is 5.35. The molecule has 5 rings (SSSR count). The van der Waals surface area contributed by atoms with Gasteiger partial charge in [-0.3, -0.25) is 4.90 Å². The SMILES string of the molecule is Nc1nc(N2CCN(Cc3ccc(Cl)cc3)CC2)cc2nc(-c3ccco3)nn12. The molecule has 0 atom stereocenters. The third kappa shape index (κ3) is 3.64. The molecule has 0 unspecified atom stereocenters. The van der Waals surface area contributed by atoms with E-state index >= 15 is 0 Å². The highest BCUT2D eigenvalue weighted by atomic mass is 35.5. The van der Waals surface area contributed by atoms with Gasteiger partial charge in [0.25, 0.3) is 0 Å². The van der Waals surface area contributed by atoms with Gasteiger partial charge in [-0.05, 0) is 29.8 Å². The minimum Gasteiger partial charge on any atom is -0.461 e. The molecule has 29 heavy (non-hydrogen) atoms. The van der Waals surface area contributed by atoms with Crippen LogP contribution in [0.5, 0.6) is 0 Å². The van der Waals surface area contributed by atoms with Gasteiger partial charge < -0.3 is 15.1 Å². The van der Waals surface area contributed by atoms with E-state index in [1.165, 1.54) is 10.1 Å². The van der Waals surface area contributed by atoms with Gasteiger partial charge in [-0.2, -0.15) is 9.50 Å². The van der Waals surface area contributed by atoms with Crippen molar-refractivity contribution in [2.45, 2.75) is 6.54 Å². The van der Waals surface area contributed by atoms with Gasteiger partial charge in [0.1, 0.15) is 5.82 Å². The fraction of sp³-hybridized carbons (Fsp3) is 0.250. The summed E-state index contributed by atoms with van der Waals surface area (Å²) in [6, 6.07) is 13.6. The average molecular weight is 410 g/mol. The van der Waals surface area contributed by atoms with Crippen LogP contribution < -0.4 is 10.6 Å². The van der Waals surface area contributed by atoms with Crippen molar-refractivity contribution in [1.29, 1.82) is 0 Å². The molecular weight excluding hydrogens is 390 g/mol. The Morgan fingerprint density at radius 1 is 1.03 bits per heavy atom. The molecule has 2 N–H and O–H groups in total. The van der Waals surface area contributed by atoms with E-state index in [0.29, 0.717) is 23.2 Å². The lowest BCUT2D eigenvalue weighted by Crippen LogP contribution is -2.46. The highest BCUT2D eigenvalue weighted by molar-refractivity contribution is 6.30. The Hall–Kier alpha value is -3.10. The molecule has 9 heteroatoms. The summed E-state index contributed by atoms with van der Waals surface area (Å²) in [5.41, 5.74) is 8.06. The fourth-order valence-corrected chi connectivity index (χ4v) is 3.68. The van der Waals surface area contributed by atoms with Crippen molar-refractivity contribution in [2.75, 3.05) is 36.8 Å². The highest BCUT2D eigenvalue weighted by Crippen LogP contribution is 2.22. The number of rotatable bonds is 4. The van der Waals surface area contributed by atoms with E-state index in [-0.39, 0.29) is 0 Å². The van der Waals surface area contributed by atoms with Crippen LogP contribution in [0.2, 0.25) is 5.02 Å². The first-order valence-electron chi connectivity index (χ1n) is 9.45. The summed E-state index contributed by atoms with van der Waals surface area (Å²) in [5, 5.41) is 5.16. The van der Waals surface area contributed by atoms with Gasteiger partial charge in [-0.25, -0.2) is 4.98 Å². The number of hydrogen-bond donors (Lipinski definition) is 1. The van der Waals surface area contributed by atoms with Crippen LogP contribution in [0.25, 0.3) is 17.2 Å². The van der Waals surface area contributed by atoms with Crippen molar-refractivity contribution in [3.63, 3.8) is 0 Å². The van der Waals surface area contributed by atoms with E-state index in [2.05, 4.69) is 37.0 Å². The molecule has 1 saturated heterocycles. The lowest BCUT2D eigenvalue weighted by atomic mass is 10.2. The van der Waals surface area contributed by atoms with Crippen LogP contribution in [0.15, 0.2) is 53.1 Å². The molecule has 1 aliphatic heterocycles. The predicted octanol–water partition coefficient (Wildman–Crippen LogP) is 2.94. The van der Waals surface area contributed by atoms with Crippen molar-refractivity contribution >= 4 is 29.0 Å². The average Bonchev–Trinajstić information content (AvgIpc) is 3.40. The number of piperazine rings is 1. The standard InChI is InChI=1S/C20H20ClN7O/c21-15-5-3-14(4-6-15)13-26-7-9-27(10-8-26)17-12-18-23-19(16-2-1-11-29-16)25-28(18)20(22)24-17/h1-6,11-12H,7-10,13H2,(H2,22,24). The number of aromatic nitrogens is 4. The van der Waals surface area contributed by atoms with Gasteiger partial charge in [-0.15, -0.1) is 5.10 Å². The van der Waals surface area contributed by atoms with Crippen LogP contribution in [0, 0.1) is 0 Å². The zero-order valence-corrected chi connectivity index (χ0v) is 16.5. The quantitative estimate of drug-likeness (QED) is 0.554. The number of halogens is 1. The van der Waals surface area contributed by atoms with Crippen molar-refractivity contribution < 1.29 is 4.42 Å². The highest BCUT2D eigenvalue weighted by Gasteiger charge is 2.20. The van der Waals surface area contributed by atoms with Crippen LogP contribution in [-0.2, 0) is 6.54 Å². The topological polar surface area (TPSA) is 88.7 Å². The number of nitrogens with zero attached hydrogens (tertiary/aromatic N) is 6. The van der Waals surface area contributed by atoms with Crippen LogP contribution in [0.3, 0.4) is 0 Å². The molecule has 1 aromatic carbocycles. The third-order valence-electron chi connectivity index (χ3n) is 5.09. The molecule has 0 amide bonds. The predicted molar refractivity (Wildman–Crippen MR) is 112 cm³/mol. The molecular formula is C20H20ClN7O. The molecule has 3 aromatic heterocycles. The van der Waals surface area contributed by atoms with Gasteiger partial charge in [0.15, 0.2) is 11.4 Å². The van der Waals surface area contributed by atoms with Gasteiger partial charge in [0, 0.05) is 43.8 Å².